The zero-order valence-corrected chi connectivity index (χ0v) is 14.8. The SMILES string of the molecule is Cc1noc(C)c1C1CCCN1C(=O)CN1C(=O)COc2cccnc21. The van der Waals surface area contributed by atoms with Crippen molar-refractivity contribution < 1.29 is 18.8 Å². The van der Waals surface area contributed by atoms with E-state index in [1.54, 1.807) is 18.3 Å². The lowest BCUT2D eigenvalue weighted by Gasteiger charge is -2.31. The highest BCUT2D eigenvalue weighted by Crippen LogP contribution is 2.36. The van der Waals surface area contributed by atoms with Crippen LogP contribution in [0, 0.1) is 13.8 Å². The quantitative estimate of drug-likeness (QED) is 0.833. The second-order valence-electron chi connectivity index (χ2n) is 6.58. The van der Waals surface area contributed by atoms with Gasteiger partial charge in [0.2, 0.25) is 5.91 Å². The molecule has 2 aromatic heterocycles. The van der Waals surface area contributed by atoms with E-state index in [0.717, 1.165) is 29.9 Å². The third kappa shape index (κ3) is 2.71. The van der Waals surface area contributed by atoms with Gasteiger partial charge >= 0.3 is 0 Å². The number of rotatable bonds is 3. The summed E-state index contributed by atoms with van der Waals surface area (Å²) in [5.41, 5.74) is 1.78. The van der Waals surface area contributed by atoms with E-state index in [-0.39, 0.29) is 31.0 Å². The number of hydrogen-bond acceptors (Lipinski definition) is 6. The highest BCUT2D eigenvalue weighted by atomic mass is 16.5. The standard InChI is InChI=1S/C18H20N4O4/c1-11-17(12(2)26-20-11)13-5-4-8-21(13)15(23)9-22-16(24)10-25-14-6-3-7-19-18(14)22/h3,6-7,13H,4-5,8-10H2,1-2H3. The van der Waals surface area contributed by atoms with Crippen LogP contribution in [0.3, 0.4) is 0 Å². The first kappa shape index (κ1) is 16.6. The Kier molecular flexibility index (Phi) is 4.10. The summed E-state index contributed by atoms with van der Waals surface area (Å²) in [5, 5.41) is 4.01. The maximum Gasteiger partial charge on any atom is 0.266 e. The number of aryl methyl sites for hydroxylation is 2. The van der Waals surface area contributed by atoms with Crippen LogP contribution in [0.4, 0.5) is 5.82 Å². The molecule has 0 radical (unpaired) electrons. The number of nitrogens with zero attached hydrogens (tertiary/aromatic N) is 4. The number of likely N-dealkylation sites (tertiary alicyclic amines) is 1. The zero-order chi connectivity index (χ0) is 18.3. The Bertz CT molecular complexity index is 843. The zero-order valence-electron chi connectivity index (χ0n) is 14.8. The summed E-state index contributed by atoms with van der Waals surface area (Å²) in [6, 6.07) is 3.42. The van der Waals surface area contributed by atoms with Crippen molar-refractivity contribution in [1.82, 2.24) is 15.0 Å². The number of ether oxygens (including phenoxy) is 1. The van der Waals surface area contributed by atoms with Crippen molar-refractivity contribution in [3.8, 4) is 5.75 Å². The molecule has 0 saturated carbocycles. The molecular weight excluding hydrogens is 336 g/mol. The van der Waals surface area contributed by atoms with Gasteiger partial charge in [0.05, 0.1) is 11.7 Å². The minimum Gasteiger partial charge on any atom is -0.480 e. The smallest absolute Gasteiger partial charge is 0.266 e. The number of hydrogen-bond donors (Lipinski definition) is 0. The molecule has 0 aromatic carbocycles. The Morgan fingerprint density at radius 2 is 2.23 bits per heavy atom. The number of fused-ring (bicyclic) bond motifs is 1. The molecule has 1 unspecified atom stereocenters. The predicted octanol–water partition coefficient (Wildman–Crippen LogP) is 1.78. The molecule has 1 saturated heterocycles. The molecule has 0 spiro atoms. The van der Waals surface area contributed by atoms with Gasteiger partial charge in [-0.1, -0.05) is 5.16 Å². The van der Waals surface area contributed by atoms with Crippen LogP contribution < -0.4 is 9.64 Å². The summed E-state index contributed by atoms with van der Waals surface area (Å²) >= 11 is 0. The molecule has 1 atom stereocenters. The van der Waals surface area contributed by atoms with E-state index in [1.807, 2.05) is 18.7 Å². The van der Waals surface area contributed by atoms with E-state index in [4.69, 9.17) is 9.26 Å². The van der Waals surface area contributed by atoms with Crippen LogP contribution in [0.2, 0.25) is 0 Å². The van der Waals surface area contributed by atoms with Gasteiger partial charge in [-0.25, -0.2) is 4.98 Å². The van der Waals surface area contributed by atoms with Crippen LogP contribution in [0.5, 0.6) is 5.75 Å². The molecule has 8 heteroatoms. The fourth-order valence-electron chi connectivity index (χ4n) is 3.75. The number of pyridine rings is 1. The Labute approximate surface area is 150 Å². The number of anilines is 1. The minimum atomic E-state index is -0.266. The van der Waals surface area contributed by atoms with Gasteiger partial charge in [-0.2, -0.15) is 0 Å². The van der Waals surface area contributed by atoms with E-state index in [0.29, 0.717) is 18.1 Å². The van der Waals surface area contributed by atoms with Crippen LogP contribution in [0.1, 0.15) is 35.9 Å². The van der Waals surface area contributed by atoms with Crippen molar-refractivity contribution in [2.75, 3.05) is 24.6 Å². The van der Waals surface area contributed by atoms with Crippen LogP contribution >= 0.6 is 0 Å². The molecule has 4 rings (SSSR count). The fourth-order valence-corrected chi connectivity index (χ4v) is 3.75. The first-order valence-electron chi connectivity index (χ1n) is 8.66. The summed E-state index contributed by atoms with van der Waals surface area (Å²) in [6.07, 6.45) is 3.35. The van der Waals surface area contributed by atoms with Crippen LogP contribution in [-0.4, -0.2) is 46.6 Å². The van der Waals surface area contributed by atoms with Crippen LogP contribution in [0.25, 0.3) is 0 Å². The van der Waals surface area contributed by atoms with E-state index in [1.165, 1.54) is 4.90 Å². The normalized spacial score (nSPS) is 19.5. The van der Waals surface area contributed by atoms with Gasteiger partial charge in [0, 0.05) is 18.3 Å². The molecule has 0 bridgehead atoms. The molecule has 26 heavy (non-hydrogen) atoms. The van der Waals surface area contributed by atoms with Crippen molar-refractivity contribution in [2.24, 2.45) is 0 Å². The molecule has 2 aromatic rings. The molecular formula is C18H20N4O4. The van der Waals surface area contributed by atoms with Crippen molar-refractivity contribution in [1.29, 1.82) is 0 Å². The van der Waals surface area contributed by atoms with E-state index in [2.05, 4.69) is 10.1 Å². The van der Waals surface area contributed by atoms with Crippen molar-refractivity contribution in [3.63, 3.8) is 0 Å². The molecule has 136 valence electrons. The number of carbonyl (C=O) groups excluding carboxylic acids is 2. The van der Waals surface area contributed by atoms with E-state index < -0.39 is 0 Å². The Balaban J connectivity index is 1.57. The molecule has 8 nitrogen and oxygen atoms in total. The maximum absolute atomic E-state index is 13.0. The lowest BCUT2D eigenvalue weighted by Crippen LogP contribution is -2.46. The van der Waals surface area contributed by atoms with Crippen molar-refractivity contribution in [2.45, 2.75) is 32.7 Å². The summed E-state index contributed by atoms with van der Waals surface area (Å²) in [4.78, 5) is 32.7. The highest BCUT2D eigenvalue weighted by molar-refractivity contribution is 6.01. The average Bonchev–Trinajstić information content (AvgIpc) is 3.23. The molecule has 2 aliphatic heterocycles. The largest absolute Gasteiger partial charge is 0.480 e. The Hall–Kier alpha value is -2.90. The molecule has 0 N–H and O–H groups in total. The number of carbonyl (C=O) groups is 2. The van der Waals surface area contributed by atoms with Crippen LogP contribution in [-0.2, 0) is 9.59 Å². The second-order valence-corrected chi connectivity index (χ2v) is 6.58. The Morgan fingerprint density at radius 1 is 1.38 bits per heavy atom. The molecule has 2 amide bonds. The summed E-state index contributed by atoms with van der Waals surface area (Å²) < 4.78 is 10.7. The monoisotopic (exact) mass is 356 g/mol. The van der Waals surface area contributed by atoms with Crippen LogP contribution in [0.15, 0.2) is 22.9 Å². The van der Waals surface area contributed by atoms with Gasteiger partial charge in [0.15, 0.2) is 18.2 Å². The second kappa shape index (κ2) is 6.44. The van der Waals surface area contributed by atoms with Gasteiger partial charge < -0.3 is 14.2 Å². The number of aromatic nitrogens is 2. The molecule has 4 heterocycles. The van der Waals surface area contributed by atoms with E-state index >= 15 is 0 Å². The summed E-state index contributed by atoms with van der Waals surface area (Å²) in [5.74, 6) is 1.27. The molecule has 2 aliphatic rings. The third-order valence-corrected chi connectivity index (χ3v) is 4.95. The number of amides is 2. The Morgan fingerprint density at radius 3 is 3.00 bits per heavy atom. The van der Waals surface area contributed by atoms with Gasteiger partial charge in [-0.15, -0.1) is 0 Å². The molecule has 1 fully saturated rings. The van der Waals surface area contributed by atoms with Gasteiger partial charge in [-0.05, 0) is 38.8 Å². The summed E-state index contributed by atoms with van der Waals surface area (Å²) in [7, 11) is 0. The van der Waals surface area contributed by atoms with Gasteiger partial charge in [-0.3, -0.25) is 14.5 Å². The van der Waals surface area contributed by atoms with Gasteiger partial charge in [0.1, 0.15) is 12.3 Å². The van der Waals surface area contributed by atoms with Crippen molar-refractivity contribution in [3.05, 3.63) is 35.3 Å². The minimum absolute atomic E-state index is 0.0495. The van der Waals surface area contributed by atoms with Crippen molar-refractivity contribution >= 4 is 17.6 Å². The lowest BCUT2D eigenvalue weighted by molar-refractivity contribution is -0.132. The maximum atomic E-state index is 13.0. The average molecular weight is 356 g/mol. The first-order chi connectivity index (χ1) is 12.6. The first-order valence-corrected chi connectivity index (χ1v) is 8.66. The lowest BCUT2D eigenvalue weighted by atomic mass is 10.0. The molecule has 0 aliphatic carbocycles. The predicted molar refractivity (Wildman–Crippen MR) is 91.8 cm³/mol. The van der Waals surface area contributed by atoms with E-state index in [9.17, 15) is 9.59 Å². The van der Waals surface area contributed by atoms with Gasteiger partial charge in [0.25, 0.3) is 5.91 Å². The topological polar surface area (TPSA) is 88.8 Å². The highest BCUT2D eigenvalue weighted by Gasteiger charge is 2.36. The third-order valence-electron chi connectivity index (χ3n) is 4.95. The summed E-state index contributed by atoms with van der Waals surface area (Å²) in [6.45, 7) is 4.27. The fraction of sp³-hybridized carbons (Fsp3) is 0.444.